The van der Waals surface area contributed by atoms with E-state index in [1.54, 1.807) is 20.8 Å². The molecule has 0 fully saturated rings. The number of ketones is 1. The van der Waals surface area contributed by atoms with E-state index in [0.29, 0.717) is 19.4 Å². The van der Waals surface area contributed by atoms with Crippen molar-refractivity contribution in [1.82, 2.24) is 4.90 Å². The third-order valence-electron chi connectivity index (χ3n) is 2.10. The van der Waals surface area contributed by atoms with Crippen molar-refractivity contribution in [2.24, 2.45) is 0 Å². The average Bonchev–Trinajstić information content (AvgIpc) is 2.26. The molecule has 6 nitrogen and oxygen atoms in total. The Morgan fingerprint density at radius 3 is 2.37 bits per heavy atom. The minimum Gasteiger partial charge on any atom is -0.444 e. The fourth-order valence-corrected chi connectivity index (χ4v) is 1.29. The van der Waals surface area contributed by atoms with E-state index in [-0.39, 0.29) is 25.5 Å². The SMILES string of the molecule is CN(CC(=O)CCCOCCO)C(=O)OC(C)(C)C. The van der Waals surface area contributed by atoms with Gasteiger partial charge in [-0.15, -0.1) is 0 Å². The van der Waals surface area contributed by atoms with Crippen molar-refractivity contribution in [1.29, 1.82) is 0 Å². The van der Waals surface area contributed by atoms with Gasteiger partial charge in [0.05, 0.1) is 19.8 Å². The summed E-state index contributed by atoms with van der Waals surface area (Å²) in [6.07, 6.45) is 0.428. The number of aliphatic hydroxyl groups excluding tert-OH is 1. The van der Waals surface area contributed by atoms with Gasteiger partial charge in [-0.2, -0.15) is 0 Å². The molecule has 0 heterocycles. The van der Waals surface area contributed by atoms with Crippen LogP contribution in [0.3, 0.4) is 0 Å². The highest BCUT2D eigenvalue weighted by Gasteiger charge is 2.20. The summed E-state index contributed by atoms with van der Waals surface area (Å²) >= 11 is 0. The molecular weight excluding hydrogens is 250 g/mol. The van der Waals surface area contributed by atoms with E-state index < -0.39 is 11.7 Å². The van der Waals surface area contributed by atoms with Gasteiger partial charge in [-0.25, -0.2) is 4.79 Å². The summed E-state index contributed by atoms with van der Waals surface area (Å²) < 4.78 is 10.2. The van der Waals surface area contributed by atoms with Gasteiger partial charge in [0.15, 0.2) is 5.78 Å². The number of carbonyl (C=O) groups is 2. The third-order valence-corrected chi connectivity index (χ3v) is 2.10. The molecule has 0 unspecified atom stereocenters. The molecule has 0 aliphatic carbocycles. The van der Waals surface area contributed by atoms with Crippen LogP contribution in [-0.2, 0) is 14.3 Å². The molecule has 1 N–H and O–H groups in total. The Balaban J connectivity index is 3.83. The largest absolute Gasteiger partial charge is 0.444 e. The van der Waals surface area contributed by atoms with Crippen LogP contribution in [0.4, 0.5) is 4.79 Å². The second kappa shape index (κ2) is 8.87. The molecule has 19 heavy (non-hydrogen) atoms. The summed E-state index contributed by atoms with van der Waals surface area (Å²) in [7, 11) is 1.54. The number of nitrogens with zero attached hydrogens (tertiary/aromatic N) is 1. The van der Waals surface area contributed by atoms with Crippen LogP contribution in [0.15, 0.2) is 0 Å². The van der Waals surface area contributed by atoms with E-state index in [4.69, 9.17) is 14.6 Å². The Morgan fingerprint density at radius 2 is 1.84 bits per heavy atom. The van der Waals surface area contributed by atoms with Crippen molar-refractivity contribution in [2.75, 3.05) is 33.4 Å². The molecule has 0 saturated heterocycles. The summed E-state index contributed by atoms with van der Waals surface area (Å²) in [5.41, 5.74) is -0.563. The van der Waals surface area contributed by atoms with Gasteiger partial charge < -0.3 is 19.5 Å². The molecule has 0 saturated carbocycles. The van der Waals surface area contributed by atoms with Crippen molar-refractivity contribution in [3.63, 3.8) is 0 Å². The van der Waals surface area contributed by atoms with Crippen LogP contribution in [0, 0.1) is 0 Å². The molecule has 1 amide bonds. The summed E-state index contributed by atoms with van der Waals surface area (Å²) in [4.78, 5) is 24.5. The predicted octanol–water partition coefficient (Wildman–Crippen LogP) is 1.21. The van der Waals surface area contributed by atoms with E-state index >= 15 is 0 Å². The molecule has 0 aromatic rings. The van der Waals surface area contributed by atoms with Gasteiger partial charge in [0.2, 0.25) is 0 Å². The molecule has 112 valence electrons. The first-order valence-corrected chi connectivity index (χ1v) is 6.40. The molecular formula is C13H25NO5. The van der Waals surface area contributed by atoms with Crippen LogP contribution in [0.25, 0.3) is 0 Å². The molecule has 6 heteroatoms. The van der Waals surface area contributed by atoms with Crippen LogP contribution in [0.5, 0.6) is 0 Å². The van der Waals surface area contributed by atoms with Gasteiger partial charge in [0.1, 0.15) is 5.60 Å². The summed E-state index contributed by atoms with van der Waals surface area (Å²) in [5, 5.41) is 8.50. The fraction of sp³-hybridized carbons (Fsp3) is 0.846. The van der Waals surface area contributed by atoms with Gasteiger partial charge in [0.25, 0.3) is 0 Å². The Labute approximate surface area is 114 Å². The highest BCUT2D eigenvalue weighted by atomic mass is 16.6. The Kier molecular flexibility index (Phi) is 8.34. The summed E-state index contributed by atoms with van der Waals surface area (Å²) in [6.45, 7) is 6.07. The van der Waals surface area contributed by atoms with Crippen molar-refractivity contribution in [3.05, 3.63) is 0 Å². The molecule has 0 aromatic heterocycles. The monoisotopic (exact) mass is 275 g/mol. The smallest absolute Gasteiger partial charge is 0.410 e. The van der Waals surface area contributed by atoms with Gasteiger partial charge in [-0.3, -0.25) is 4.79 Å². The molecule has 0 bridgehead atoms. The third kappa shape index (κ3) is 10.5. The number of rotatable bonds is 8. The van der Waals surface area contributed by atoms with Crippen molar-refractivity contribution >= 4 is 11.9 Å². The summed E-state index contributed by atoms with van der Waals surface area (Å²) in [5.74, 6) is -0.0408. The zero-order chi connectivity index (χ0) is 14.9. The topological polar surface area (TPSA) is 76.1 Å². The normalized spacial score (nSPS) is 11.2. The quantitative estimate of drug-likeness (QED) is 0.674. The molecule has 0 atom stereocenters. The van der Waals surface area contributed by atoms with Crippen molar-refractivity contribution < 1.29 is 24.2 Å². The van der Waals surface area contributed by atoms with E-state index in [2.05, 4.69) is 0 Å². The lowest BCUT2D eigenvalue weighted by Gasteiger charge is -2.24. The standard InChI is InChI=1S/C13H25NO5/c1-13(2,3)19-12(17)14(4)10-11(16)6-5-8-18-9-7-15/h15H,5-10H2,1-4H3. The number of hydrogen-bond donors (Lipinski definition) is 1. The summed E-state index contributed by atoms with van der Waals surface area (Å²) in [6, 6.07) is 0. The maximum absolute atomic E-state index is 11.6. The number of aliphatic hydroxyl groups is 1. The van der Waals surface area contributed by atoms with Gasteiger partial charge in [-0.1, -0.05) is 0 Å². The molecule has 0 spiro atoms. The molecule has 0 aromatic carbocycles. The van der Waals surface area contributed by atoms with E-state index in [0.717, 1.165) is 0 Å². The lowest BCUT2D eigenvalue weighted by Crippen LogP contribution is -2.37. The van der Waals surface area contributed by atoms with Crippen LogP contribution >= 0.6 is 0 Å². The highest BCUT2D eigenvalue weighted by Crippen LogP contribution is 2.09. The van der Waals surface area contributed by atoms with Crippen LogP contribution in [-0.4, -0.2) is 60.9 Å². The van der Waals surface area contributed by atoms with E-state index in [1.165, 1.54) is 11.9 Å². The Bertz CT molecular complexity index is 285. The Morgan fingerprint density at radius 1 is 1.21 bits per heavy atom. The lowest BCUT2D eigenvalue weighted by atomic mass is 10.2. The van der Waals surface area contributed by atoms with E-state index in [1.807, 2.05) is 0 Å². The van der Waals surface area contributed by atoms with Crippen LogP contribution in [0.2, 0.25) is 0 Å². The van der Waals surface area contributed by atoms with Crippen molar-refractivity contribution in [3.8, 4) is 0 Å². The minimum absolute atomic E-state index is 0.0185. The number of Topliss-reactive ketones (excluding diaryl/α,β-unsaturated/α-hetero) is 1. The Hall–Kier alpha value is -1.14. The first-order chi connectivity index (χ1) is 8.76. The first-order valence-electron chi connectivity index (χ1n) is 6.40. The number of ether oxygens (including phenoxy) is 2. The lowest BCUT2D eigenvalue weighted by molar-refractivity contribution is -0.120. The number of amides is 1. The van der Waals surface area contributed by atoms with Gasteiger partial charge in [-0.05, 0) is 27.2 Å². The highest BCUT2D eigenvalue weighted by molar-refractivity contribution is 5.83. The zero-order valence-corrected chi connectivity index (χ0v) is 12.3. The fourth-order valence-electron chi connectivity index (χ4n) is 1.29. The van der Waals surface area contributed by atoms with Gasteiger partial charge in [0, 0.05) is 20.1 Å². The second-order valence-electron chi connectivity index (χ2n) is 5.31. The molecule has 0 aliphatic heterocycles. The zero-order valence-electron chi connectivity index (χ0n) is 12.3. The minimum atomic E-state index is -0.563. The molecule has 0 radical (unpaired) electrons. The van der Waals surface area contributed by atoms with E-state index in [9.17, 15) is 9.59 Å². The average molecular weight is 275 g/mol. The molecule has 0 rings (SSSR count). The number of carbonyl (C=O) groups excluding carboxylic acids is 2. The number of likely N-dealkylation sites (N-methyl/N-ethyl adjacent to an activating group) is 1. The predicted molar refractivity (Wildman–Crippen MR) is 71.0 cm³/mol. The maximum atomic E-state index is 11.6. The maximum Gasteiger partial charge on any atom is 0.410 e. The second-order valence-corrected chi connectivity index (χ2v) is 5.31. The first kappa shape index (κ1) is 17.9. The van der Waals surface area contributed by atoms with Crippen molar-refractivity contribution in [2.45, 2.75) is 39.2 Å². The van der Waals surface area contributed by atoms with Crippen LogP contribution < -0.4 is 0 Å². The van der Waals surface area contributed by atoms with Crippen LogP contribution in [0.1, 0.15) is 33.6 Å². The molecule has 0 aliphatic rings. The van der Waals surface area contributed by atoms with Gasteiger partial charge >= 0.3 is 6.09 Å². The number of hydrogen-bond acceptors (Lipinski definition) is 5.